The van der Waals surface area contributed by atoms with E-state index < -0.39 is 0 Å². The number of pyridine rings is 1. The summed E-state index contributed by atoms with van der Waals surface area (Å²) in [5.41, 5.74) is 3.50. The molecule has 0 amide bonds. The molecule has 0 N–H and O–H groups in total. The number of halogens is 1. The first-order valence-corrected chi connectivity index (χ1v) is 6.52. The lowest BCUT2D eigenvalue weighted by Gasteiger charge is -2.00. The molecule has 3 aromatic heterocycles. The molecule has 0 aromatic carbocycles. The van der Waals surface area contributed by atoms with E-state index in [1.807, 2.05) is 6.20 Å². The van der Waals surface area contributed by atoms with Crippen LogP contribution >= 0.6 is 33.9 Å². The number of hydrogen-bond donors (Lipinski definition) is 0. The Morgan fingerprint density at radius 2 is 2.13 bits per heavy atom. The first-order valence-electron chi connectivity index (χ1n) is 4.50. The van der Waals surface area contributed by atoms with Crippen LogP contribution < -0.4 is 0 Å². The number of hydrogen-bond acceptors (Lipinski definition) is 2. The van der Waals surface area contributed by atoms with Crippen LogP contribution in [0.25, 0.3) is 16.8 Å². The Balaban J connectivity index is 2.25. The van der Waals surface area contributed by atoms with E-state index in [0.717, 1.165) is 9.35 Å². The van der Waals surface area contributed by atoms with Gasteiger partial charge in [-0.25, -0.2) is 4.98 Å². The second-order valence-electron chi connectivity index (χ2n) is 3.24. The van der Waals surface area contributed by atoms with Gasteiger partial charge in [-0.2, -0.15) is 11.3 Å². The minimum atomic E-state index is 0.998. The topological polar surface area (TPSA) is 17.3 Å². The highest BCUT2D eigenvalue weighted by Crippen LogP contribution is 2.23. The Kier molecular flexibility index (Phi) is 2.25. The maximum Gasteiger partial charge on any atom is 0.137 e. The molecule has 0 atom stereocenters. The van der Waals surface area contributed by atoms with Crippen LogP contribution in [0.3, 0.4) is 0 Å². The average molecular weight is 326 g/mol. The van der Waals surface area contributed by atoms with Crippen LogP contribution in [-0.4, -0.2) is 9.38 Å². The Hall–Kier alpha value is -0.880. The lowest BCUT2D eigenvalue weighted by Crippen LogP contribution is -1.87. The molecule has 74 valence electrons. The summed E-state index contributed by atoms with van der Waals surface area (Å²) in [5, 5.41) is 4.25. The van der Waals surface area contributed by atoms with E-state index in [1.165, 1.54) is 11.1 Å². The van der Waals surface area contributed by atoms with Crippen molar-refractivity contribution in [3.05, 3.63) is 45.1 Å². The molecule has 0 aliphatic rings. The van der Waals surface area contributed by atoms with Crippen LogP contribution in [0.1, 0.15) is 0 Å². The van der Waals surface area contributed by atoms with Crippen molar-refractivity contribution in [3.8, 4) is 11.1 Å². The van der Waals surface area contributed by atoms with Gasteiger partial charge in [0.05, 0.1) is 6.20 Å². The van der Waals surface area contributed by atoms with Gasteiger partial charge >= 0.3 is 0 Å². The zero-order valence-corrected chi connectivity index (χ0v) is 10.7. The lowest BCUT2D eigenvalue weighted by molar-refractivity contribution is 1.15. The highest BCUT2D eigenvalue weighted by atomic mass is 127. The molecule has 0 saturated heterocycles. The van der Waals surface area contributed by atoms with Crippen LogP contribution in [0.2, 0.25) is 0 Å². The largest absolute Gasteiger partial charge is 0.294 e. The van der Waals surface area contributed by atoms with Crippen molar-refractivity contribution in [3.63, 3.8) is 0 Å². The summed E-state index contributed by atoms with van der Waals surface area (Å²) in [6, 6.07) is 6.30. The van der Waals surface area contributed by atoms with E-state index in [2.05, 4.69) is 67.1 Å². The maximum absolute atomic E-state index is 4.30. The molecule has 0 bridgehead atoms. The van der Waals surface area contributed by atoms with Crippen LogP contribution in [0.5, 0.6) is 0 Å². The van der Waals surface area contributed by atoms with E-state index in [1.54, 1.807) is 11.3 Å². The van der Waals surface area contributed by atoms with Gasteiger partial charge in [-0.05, 0) is 62.7 Å². The fourth-order valence-corrected chi connectivity index (χ4v) is 2.74. The molecular weight excluding hydrogens is 319 g/mol. The molecule has 3 heterocycles. The molecule has 0 unspecified atom stereocenters. The van der Waals surface area contributed by atoms with Crippen LogP contribution in [-0.2, 0) is 0 Å². The molecule has 3 aromatic rings. The molecule has 0 radical (unpaired) electrons. The minimum absolute atomic E-state index is 0.998. The predicted molar refractivity (Wildman–Crippen MR) is 71.2 cm³/mol. The van der Waals surface area contributed by atoms with E-state index in [-0.39, 0.29) is 0 Å². The van der Waals surface area contributed by atoms with Crippen molar-refractivity contribution in [1.29, 1.82) is 0 Å². The number of fused-ring (bicyclic) bond motifs is 1. The Morgan fingerprint density at radius 3 is 2.93 bits per heavy atom. The molecule has 4 heteroatoms. The quantitative estimate of drug-likeness (QED) is 0.624. The maximum atomic E-state index is 4.30. The predicted octanol–water partition coefficient (Wildman–Crippen LogP) is 3.67. The molecule has 0 aliphatic carbocycles. The minimum Gasteiger partial charge on any atom is -0.294 e. The zero-order valence-electron chi connectivity index (χ0n) is 7.72. The average Bonchev–Trinajstić information content (AvgIpc) is 2.88. The Bertz CT molecular complexity index is 598. The number of aromatic nitrogens is 2. The summed E-state index contributed by atoms with van der Waals surface area (Å²) in [5.74, 6) is 0. The highest BCUT2D eigenvalue weighted by Gasteiger charge is 2.02. The Morgan fingerprint density at radius 1 is 1.20 bits per heavy atom. The molecule has 0 aliphatic heterocycles. The van der Waals surface area contributed by atoms with Gasteiger partial charge in [0.2, 0.25) is 0 Å². The first-order chi connectivity index (χ1) is 7.34. The van der Waals surface area contributed by atoms with Crippen molar-refractivity contribution < 1.29 is 0 Å². The summed E-state index contributed by atoms with van der Waals surface area (Å²) in [6.07, 6.45) is 4.01. The third kappa shape index (κ3) is 1.57. The van der Waals surface area contributed by atoms with Gasteiger partial charge in [0.15, 0.2) is 0 Å². The zero-order chi connectivity index (χ0) is 10.3. The lowest BCUT2D eigenvalue weighted by atomic mass is 10.1. The molecule has 2 nitrogen and oxygen atoms in total. The second-order valence-corrected chi connectivity index (χ2v) is 5.12. The third-order valence-corrected chi connectivity index (χ3v) is 3.80. The molecule has 0 saturated carbocycles. The van der Waals surface area contributed by atoms with Crippen molar-refractivity contribution >= 4 is 39.6 Å². The van der Waals surface area contributed by atoms with E-state index in [0.29, 0.717) is 0 Å². The first kappa shape index (κ1) is 9.35. The molecular formula is C11H7IN2S. The summed E-state index contributed by atoms with van der Waals surface area (Å²) < 4.78 is 3.24. The van der Waals surface area contributed by atoms with Crippen LogP contribution in [0.4, 0.5) is 0 Å². The van der Waals surface area contributed by atoms with Gasteiger partial charge in [-0.15, -0.1) is 0 Å². The van der Waals surface area contributed by atoms with Gasteiger partial charge in [0.25, 0.3) is 0 Å². The summed E-state index contributed by atoms with van der Waals surface area (Å²) in [4.78, 5) is 4.30. The fraction of sp³-hybridized carbons (Fsp3) is 0. The van der Waals surface area contributed by atoms with E-state index >= 15 is 0 Å². The highest BCUT2D eigenvalue weighted by molar-refractivity contribution is 14.1. The summed E-state index contributed by atoms with van der Waals surface area (Å²) in [7, 11) is 0. The molecule has 15 heavy (non-hydrogen) atoms. The van der Waals surface area contributed by atoms with Crippen LogP contribution in [0, 0.1) is 3.70 Å². The van der Waals surface area contributed by atoms with E-state index in [4.69, 9.17) is 0 Å². The summed E-state index contributed by atoms with van der Waals surface area (Å²) >= 11 is 4.01. The number of rotatable bonds is 1. The fourth-order valence-electron chi connectivity index (χ4n) is 1.55. The SMILES string of the molecule is Ic1cnc2ccc(-c3ccsc3)cn12. The Labute approximate surface area is 105 Å². The molecule has 0 fully saturated rings. The smallest absolute Gasteiger partial charge is 0.137 e. The standard InChI is InChI=1S/C11H7IN2S/c12-10-5-13-11-2-1-8(6-14(10)11)9-3-4-15-7-9/h1-7H. The normalized spacial score (nSPS) is 11.0. The molecule has 3 rings (SSSR count). The van der Waals surface area contributed by atoms with Gasteiger partial charge in [0.1, 0.15) is 9.35 Å². The second kappa shape index (κ2) is 3.61. The number of imidazole rings is 1. The number of thiophene rings is 1. The van der Waals surface area contributed by atoms with Gasteiger partial charge in [0, 0.05) is 6.20 Å². The monoisotopic (exact) mass is 326 g/mol. The van der Waals surface area contributed by atoms with E-state index in [9.17, 15) is 0 Å². The van der Waals surface area contributed by atoms with Crippen molar-refractivity contribution in [2.75, 3.05) is 0 Å². The number of nitrogens with zero attached hydrogens (tertiary/aromatic N) is 2. The van der Waals surface area contributed by atoms with Crippen LogP contribution in [0.15, 0.2) is 41.4 Å². The van der Waals surface area contributed by atoms with Gasteiger partial charge < -0.3 is 0 Å². The van der Waals surface area contributed by atoms with Gasteiger partial charge in [-0.1, -0.05) is 0 Å². The summed E-state index contributed by atoms with van der Waals surface area (Å²) in [6.45, 7) is 0. The molecule has 0 spiro atoms. The third-order valence-electron chi connectivity index (χ3n) is 2.31. The van der Waals surface area contributed by atoms with Gasteiger partial charge in [-0.3, -0.25) is 4.40 Å². The van der Waals surface area contributed by atoms with Crippen molar-refractivity contribution in [2.45, 2.75) is 0 Å². The van der Waals surface area contributed by atoms with Crippen molar-refractivity contribution in [2.24, 2.45) is 0 Å². The van der Waals surface area contributed by atoms with Crippen molar-refractivity contribution in [1.82, 2.24) is 9.38 Å².